The SMILES string of the molecule is CC[C@H](C)/C=C/C(=O)N1C[C@@H](C)C[C@H]1C(=O)O. The number of hydrogen-bond donors (Lipinski definition) is 1. The average Bonchev–Trinajstić information content (AvgIpc) is 2.67. The van der Waals surface area contributed by atoms with Crippen molar-refractivity contribution in [1.29, 1.82) is 0 Å². The second kappa shape index (κ2) is 5.84. The van der Waals surface area contributed by atoms with Gasteiger partial charge in [0.1, 0.15) is 6.04 Å². The Morgan fingerprint density at radius 3 is 2.71 bits per heavy atom. The zero-order valence-corrected chi connectivity index (χ0v) is 10.7. The van der Waals surface area contributed by atoms with Gasteiger partial charge in [-0.1, -0.05) is 33.3 Å². The Bertz CT molecular complexity index is 325. The van der Waals surface area contributed by atoms with Crippen molar-refractivity contribution in [3.63, 3.8) is 0 Å². The molecule has 4 nitrogen and oxygen atoms in total. The summed E-state index contributed by atoms with van der Waals surface area (Å²) in [6, 6.07) is -0.654. The highest BCUT2D eigenvalue weighted by Crippen LogP contribution is 2.23. The summed E-state index contributed by atoms with van der Waals surface area (Å²) in [7, 11) is 0. The highest BCUT2D eigenvalue weighted by atomic mass is 16.4. The lowest BCUT2D eigenvalue weighted by Gasteiger charge is -2.19. The van der Waals surface area contributed by atoms with Crippen LogP contribution in [-0.2, 0) is 9.59 Å². The first kappa shape index (κ1) is 13.7. The monoisotopic (exact) mass is 239 g/mol. The minimum absolute atomic E-state index is 0.179. The summed E-state index contributed by atoms with van der Waals surface area (Å²) in [6.45, 7) is 6.60. The van der Waals surface area contributed by atoms with Gasteiger partial charge < -0.3 is 10.0 Å². The van der Waals surface area contributed by atoms with Crippen molar-refractivity contribution in [3.8, 4) is 0 Å². The number of carbonyl (C=O) groups is 2. The molecule has 0 radical (unpaired) electrons. The van der Waals surface area contributed by atoms with E-state index in [1.165, 1.54) is 11.0 Å². The molecule has 1 rings (SSSR count). The van der Waals surface area contributed by atoms with Crippen LogP contribution in [0, 0.1) is 11.8 Å². The number of carboxylic acids is 1. The molecule has 96 valence electrons. The molecule has 1 saturated heterocycles. The molecule has 0 bridgehead atoms. The van der Waals surface area contributed by atoms with E-state index in [4.69, 9.17) is 5.11 Å². The van der Waals surface area contributed by atoms with E-state index >= 15 is 0 Å². The van der Waals surface area contributed by atoms with Crippen molar-refractivity contribution >= 4 is 11.9 Å². The van der Waals surface area contributed by atoms with Crippen LogP contribution in [-0.4, -0.2) is 34.5 Å². The molecule has 1 aliphatic rings. The predicted molar refractivity (Wildman–Crippen MR) is 65.5 cm³/mol. The predicted octanol–water partition coefficient (Wildman–Crippen LogP) is 1.91. The molecule has 1 aliphatic heterocycles. The van der Waals surface area contributed by atoms with E-state index in [0.29, 0.717) is 18.9 Å². The van der Waals surface area contributed by atoms with Gasteiger partial charge in [0.15, 0.2) is 0 Å². The molecule has 0 aliphatic carbocycles. The van der Waals surface area contributed by atoms with E-state index in [-0.39, 0.29) is 11.8 Å². The normalized spacial score (nSPS) is 26.4. The van der Waals surface area contributed by atoms with Crippen molar-refractivity contribution in [2.45, 2.75) is 39.7 Å². The summed E-state index contributed by atoms with van der Waals surface area (Å²) in [4.78, 5) is 24.4. The van der Waals surface area contributed by atoms with Gasteiger partial charge in [0.05, 0.1) is 0 Å². The summed E-state index contributed by atoms with van der Waals surface area (Å²) in [6.07, 6.45) is 4.90. The first-order valence-electron chi connectivity index (χ1n) is 6.17. The molecule has 1 heterocycles. The standard InChI is InChI=1S/C13H21NO3/c1-4-9(2)5-6-12(15)14-8-10(3)7-11(14)13(16)17/h5-6,9-11H,4,7-8H2,1-3H3,(H,16,17)/b6-5+/t9-,10-,11-/m0/s1. The third-order valence-electron chi connectivity index (χ3n) is 3.29. The molecule has 0 aromatic rings. The summed E-state index contributed by atoms with van der Waals surface area (Å²) in [5.74, 6) is -0.471. The quantitative estimate of drug-likeness (QED) is 0.762. The van der Waals surface area contributed by atoms with Crippen LogP contribution in [0.15, 0.2) is 12.2 Å². The van der Waals surface area contributed by atoms with Gasteiger partial charge in [-0.2, -0.15) is 0 Å². The lowest BCUT2D eigenvalue weighted by molar-refractivity contribution is -0.146. The summed E-state index contributed by atoms with van der Waals surface area (Å²) >= 11 is 0. The number of nitrogens with zero attached hydrogens (tertiary/aromatic N) is 1. The second-order valence-electron chi connectivity index (χ2n) is 4.93. The number of allylic oxidation sites excluding steroid dienone is 1. The van der Waals surface area contributed by atoms with Crippen molar-refractivity contribution in [2.24, 2.45) is 11.8 Å². The number of hydrogen-bond acceptors (Lipinski definition) is 2. The van der Waals surface area contributed by atoms with E-state index in [2.05, 4.69) is 6.92 Å². The van der Waals surface area contributed by atoms with Crippen LogP contribution in [0.1, 0.15) is 33.6 Å². The average molecular weight is 239 g/mol. The van der Waals surface area contributed by atoms with Gasteiger partial charge >= 0.3 is 5.97 Å². The Morgan fingerprint density at radius 1 is 1.53 bits per heavy atom. The molecule has 17 heavy (non-hydrogen) atoms. The summed E-state index contributed by atoms with van der Waals surface area (Å²) in [5.41, 5.74) is 0. The van der Waals surface area contributed by atoms with Crippen LogP contribution < -0.4 is 0 Å². The van der Waals surface area contributed by atoms with Gasteiger partial charge in [-0.3, -0.25) is 4.79 Å². The van der Waals surface area contributed by atoms with Gasteiger partial charge in [-0.15, -0.1) is 0 Å². The molecule has 1 fully saturated rings. The zero-order valence-electron chi connectivity index (χ0n) is 10.7. The second-order valence-corrected chi connectivity index (χ2v) is 4.93. The highest BCUT2D eigenvalue weighted by Gasteiger charge is 2.36. The van der Waals surface area contributed by atoms with Gasteiger partial charge in [-0.05, 0) is 24.3 Å². The molecule has 0 unspecified atom stereocenters. The highest BCUT2D eigenvalue weighted by molar-refractivity contribution is 5.91. The van der Waals surface area contributed by atoms with E-state index in [1.54, 1.807) is 0 Å². The Labute approximate surface area is 102 Å². The fraction of sp³-hybridized carbons (Fsp3) is 0.692. The Balaban J connectivity index is 2.67. The van der Waals surface area contributed by atoms with Crippen LogP contribution in [0.4, 0.5) is 0 Å². The van der Waals surface area contributed by atoms with Gasteiger partial charge in [0, 0.05) is 6.54 Å². The number of carboxylic acid groups (broad SMARTS) is 1. The van der Waals surface area contributed by atoms with Crippen LogP contribution in [0.5, 0.6) is 0 Å². The van der Waals surface area contributed by atoms with E-state index < -0.39 is 12.0 Å². The molecule has 0 aromatic heterocycles. The van der Waals surface area contributed by atoms with Crippen LogP contribution >= 0.6 is 0 Å². The molecule has 4 heteroatoms. The number of likely N-dealkylation sites (tertiary alicyclic amines) is 1. The summed E-state index contributed by atoms with van der Waals surface area (Å²) < 4.78 is 0. The maximum atomic E-state index is 11.9. The fourth-order valence-electron chi connectivity index (χ4n) is 2.00. The van der Waals surface area contributed by atoms with E-state index in [9.17, 15) is 9.59 Å². The van der Waals surface area contributed by atoms with Crippen molar-refractivity contribution in [3.05, 3.63) is 12.2 Å². The number of rotatable bonds is 4. The van der Waals surface area contributed by atoms with Crippen LogP contribution in [0.3, 0.4) is 0 Å². The minimum atomic E-state index is -0.903. The van der Waals surface area contributed by atoms with Crippen LogP contribution in [0.2, 0.25) is 0 Å². The first-order chi connectivity index (χ1) is 7.95. The molecule has 0 spiro atoms. The number of carbonyl (C=O) groups excluding carboxylic acids is 1. The lowest BCUT2D eigenvalue weighted by Crippen LogP contribution is -2.39. The smallest absolute Gasteiger partial charge is 0.326 e. The minimum Gasteiger partial charge on any atom is -0.480 e. The lowest BCUT2D eigenvalue weighted by atomic mass is 10.1. The molecule has 1 N–H and O–H groups in total. The summed E-state index contributed by atoms with van der Waals surface area (Å²) in [5, 5.41) is 9.06. The van der Waals surface area contributed by atoms with Crippen molar-refractivity contribution in [2.75, 3.05) is 6.54 Å². The van der Waals surface area contributed by atoms with Gasteiger partial charge in [-0.25, -0.2) is 4.79 Å². The number of aliphatic carboxylic acids is 1. The third kappa shape index (κ3) is 3.58. The Kier molecular flexibility index (Phi) is 4.73. The van der Waals surface area contributed by atoms with Crippen LogP contribution in [0.25, 0.3) is 0 Å². The number of amides is 1. The molecular formula is C13H21NO3. The Morgan fingerprint density at radius 2 is 2.18 bits per heavy atom. The molecule has 1 amide bonds. The molecular weight excluding hydrogens is 218 g/mol. The van der Waals surface area contributed by atoms with E-state index in [0.717, 1.165) is 6.42 Å². The molecule has 0 aromatic carbocycles. The maximum absolute atomic E-state index is 11.9. The van der Waals surface area contributed by atoms with E-state index in [1.807, 2.05) is 19.9 Å². The molecule has 3 atom stereocenters. The van der Waals surface area contributed by atoms with Gasteiger partial charge in [0.25, 0.3) is 0 Å². The largest absolute Gasteiger partial charge is 0.480 e. The third-order valence-corrected chi connectivity index (χ3v) is 3.29. The van der Waals surface area contributed by atoms with Gasteiger partial charge in [0.2, 0.25) is 5.91 Å². The Hall–Kier alpha value is -1.32. The van der Waals surface area contributed by atoms with Crippen molar-refractivity contribution < 1.29 is 14.7 Å². The maximum Gasteiger partial charge on any atom is 0.326 e. The molecule has 0 saturated carbocycles. The first-order valence-corrected chi connectivity index (χ1v) is 6.17. The zero-order chi connectivity index (χ0) is 13.0. The van der Waals surface area contributed by atoms with Crippen molar-refractivity contribution in [1.82, 2.24) is 4.90 Å². The topological polar surface area (TPSA) is 57.6 Å². The fourth-order valence-corrected chi connectivity index (χ4v) is 2.00.